The van der Waals surface area contributed by atoms with Crippen LogP contribution in [-0.4, -0.2) is 29.2 Å². The van der Waals surface area contributed by atoms with Crippen LogP contribution < -0.4 is 5.32 Å². The fourth-order valence-electron chi connectivity index (χ4n) is 2.40. The molecular formula is C18H12BrF2N3O3. The first-order valence-electron chi connectivity index (χ1n) is 7.59. The Kier molecular flexibility index (Phi) is 5.31. The lowest BCUT2D eigenvalue weighted by molar-refractivity contribution is 0.0602. The van der Waals surface area contributed by atoms with Gasteiger partial charge in [0.25, 0.3) is 5.91 Å². The fraction of sp³-hybridized carbons (Fsp3) is 0.0556. The molecule has 0 aliphatic carbocycles. The van der Waals surface area contributed by atoms with Crippen molar-refractivity contribution in [3.05, 3.63) is 69.8 Å². The maximum Gasteiger partial charge on any atom is 0.340 e. The second-order valence-corrected chi connectivity index (χ2v) is 6.31. The monoisotopic (exact) mass is 435 g/mol. The second kappa shape index (κ2) is 7.67. The summed E-state index contributed by atoms with van der Waals surface area (Å²) in [5, 5.41) is 8.77. The van der Waals surface area contributed by atoms with Crippen molar-refractivity contribution in [2.45, 2.75) is 0 Å². The van der Waals surface area contributed by atoms with Gasteiger partial charge in [0, 0.05) is 4.47 Å². The summed E-state index contributed by atoms with van der Waals surface area (Å²) in [4.78, 5) is 24.3. The normalized spacial score (nSPS) is 10.5. The molecule has 0 saturated carbocycles. The summed E-state index contributed by atoms with van der Waals surface area (Å²) in [6, 6.07) is 9.28. The lowest BCUT2D eigenvalue weighted by Gasteiger charge is -2.09. The molecule has 0 aliphatic rings. The molecule has 0 atom stereocenters. The Labute approximate surface area is 160 Å². The number of H-pyrrole nitrogens is 1. The first kappa shape index (κ1) is 18.7. The van der Waals surface area contributed by atoms with E-state index in [1.165, 1.54) is 31.4 Å². The predicted octanol–water partition coefficient (Wildman–Crippen LogP) is 4.16. The number of hydrogen-bond acceptors (Lipinski definition) is 4. The molecule has 3 rings (SSSR count). The minimum atomic E-state index is -0.797. The number of halogens is 3. The molecule has 9 heteroatoms. The zero-order valence-corrected chi connectivity index (χ0v) is 15.4. The molecule has 2 N–H and O–H groups in total. The molecule has 0 bridgehead atoms. The van der Waals surface area contributed by atoms with Gasteiger partial charge in [-0.3, -0.25) is 9.89 Å². The van der Waals surface area contributed by atoms with Crippen LogP contribution in [-0.2, 0) is 4.74 Å². The van der Waals surface area contributed by atoms with E-state index < -0.39 is 23.5 Å². The van der Waals surface area contributed by atoms with E-state index >= 15 is 0 Å². The number of hydrogen-bond donors (Lipinski definition) is 2. The summed E-state index contributed by atoms with van der Waals surface area (Å²) < 4.78 is 33.0. The van der Waals surface area contributed by atoms with E-state index in [4.69, 9.17) is 4.74 Å². The number of methoxy groups -OCH3 is 1. The van der Waals surface area contributed by atoms with Crippen LogP contribution in [0.1, 0.15) is 20.8 Å². The highest BCUT2D eigenvalue weighted by atomic mass is 79.9. The maximum atomic E-state index is 13.9. The van der Waals surface area contributed by atoms with Crippen molar-refractivity contribution in [2.24, 2.45) is 0 Å². The molecule has 0 spiro atoms. The standard InChI is InChI=1S/C18H12BrF2N3O3/c1-27-18(26)10-7-9(19)5-6-13(10)22-17(25)15-8-14(23-24-15)16-11(20)3-2-4-12(16)21/h2-8H,1H3,(H,22,25)(H,23,24). The van der Waals surface area contributed by atoms with Crippen molar-refractivity contribution < 1.29 is 23.1 Å². The number of carbonyl (C=O) groups is 2. The van der Waals surface area contributed by atoms with E-state index in [-0.39, 0.29) is 28.2 Å². The van der Waals surface area contributed by atoms with Gasteiger partial charge < -0.3 is 10.1 Å². The van der Waals surface area contributed by atoms with Crippen LogP contribution in [0.3, 0.4) is 0 Å². The minimum absolute atomic E-state index is 0.0358. The van der Waals surface area contributed by atoms with Crippen molar-refractivity contribution >= 4 is 33.5 Å². The first-order chi connectivity index (χ1) is 12.9. The van der Waals surface area contributed by atoms with E-state index in [9.17, 15) is 18.4 Å². The molecule has 27 heavy (non-hydrogen) atoms. The summed E-state index contributed by atoms with van der Waals surface area (Å²) in [6.45, 7) is 0. The number of amides is 1. The molecule has 0 radical (unpaired) electrons. The van der Waals surface area contributed by atoms with Gasteiger partial charge in [-0.25, -0.2) is 13.6 Å². The molecule has 0 unspecified atom stereocenters. The van der Waals surface area contributed by atoms with Gasteiger partial charge in [0.15, 0.2) is 0 Å². The van der Waals surface area contributed by atoms with Gasteiger partial charge in [-0.15, -0.1) is 0 Å². The number of carbonyl (C=O) groups excluding carboxylic acids is 2. The van der Waals surface area contributed by atoms with E-state index in [0.29, 0.717) is 4.47 Å². The van der Waals surface area contributed by atoms with E-state index in [1.807, 2.05) is 0 Å². The van der Waals surface area contributed by atoms with E-state index in [2.05, 4.69) is 31.4 Å². The van der Waals surface area contributed by atoms with Crippen LogP contribution in [0.5, 0.6) is 0 Å². The van der Waals surface area contributed by atoms with Gasteiger partial charge >= 0.3 is 5.97 Å². The fourth-order valence-corrected chi connectivity index (χ4v) is 2.76. The number of benzene rings is 2. The average molecular weight is 436 g/mol. The van der Waals surface area contributed by atoms with Crippen LogP contribution in [0.25, 0.3) is 11.3 Å². The van der Waals surface area contributed by atoms with E-state index in [1.54, 1.807) is 6.07 Å². The van der Waals surface area contributed by atoms with E-state index in [0.717, 1.165) is 12.1 Å². The molecule has 6 nitrogen and oxygen atoms in total. The highest BCUT2D eigenvalue weighted by Crippen LogP contribution is 2.26. The van der Waals surface area contributed by atoms with Gasteiger partial charge in [0.2, 0.25) is 0 Å². The topological polar surface area (TPSA) is 84.1 Å². The number of anilines is 1. The Morgan fingerprint density at radius 2 is 1.85 bits per heavy atom. The molecule has 0 fully saturated rings. The molecular weight excluding hydrogens is 424 g/mol. The van der Waals surface area contributed by atoms with Crippen molar-refractivity contribution in [2.75, 3.05) is 12.4 Å². The Bertz CT molecular complexity index is 1020. The SMILES string of the molecule is COC(=O)c1cc(Br)ccc1NC(=O)c1cc(-c2c(F)cccc2F)n[nH]1. The molecule has 1 amide bonds. The van der Waals surface area contributed by atoms with Crippen LogP contribution in [0.15, 0.2) is 46.9 Å². The number of rotatable bonds is 4. The molecule has 1 heterocycles. The number of aromatic amines is 1. The van der Waals surface area contributed by atoms with Crippen LogP contribution in [0.2, 0.25) is 0 Å². The largest absolute Gasteiger partial charge is 0.465 e. The number of nitrogens with one attached hydrogen (secondary N) is 2. The third-order valence-corrected chi connectivity index (χ3v) is 4.17. The highest BCUT2D eigenvalue weighted by Gasteiger charge is 2.19. The van der Waals surface area contributed by atoms with Gasteiger partial charge in [0.05, 0.1) is 29.6 Å². The maximum absolute atomic E-state index is 13.9. The summed E-state index contributed by atoms with van der Waals surface area (Å²) >= 11 is 3.24. The van der Waals surface area contributed by atoms with Crippen molar-refractivity contribution in [1.82, 2.24) is 10.2 Å². The zero-order chi connectivity index (χ0) is 19.6. The summed E-state index contributed by atoms with van der Waals surface area (Å²) in [6.07, 6.45) is 0. The van der Waals surface area contributed by atoms with Crippen LogP contribution >= 0.6 is 15.9 Å². The third-order valence-electron chi connectivity index (χ3n) is 3.68. The van der Waals surface area contributed by atoms with Gasteiger partial charge in [-0.05, 0) is 36.4 Å². The van der Waals surface area contributed by atoms with Gasteiger partial charge in [-0.2, -0.15) is 5.10 Å². The molecule has 138 valence electrons. The molecule has 1 aromatic heterocycles. The average Bonchev–Trinajstić information content (AvgIpc) is 3.12. The summed E-state index contributed by atoms with van der Waals surface area (Å²) in [5.41, 5.74) is -0.0822. The Morgan fingerprint density at radius 3 is 2.52 bits per heavy atom. The zero-order valence-electron chi connectivity index (χ0n) is 13.8. The molecule has 2 aromatic carbocycles. The van der Waals surface area contributed by atoms with Gasteiger partial charge in [-0.1, -0.05) is 22.0 Å². The Balaban J connectivity index is 1.89. The number of esters is 1. The summed E-state index contributed by atoms with van der Waals surface area (Å²) in [7, 11) is 1.22. The number of ether oxygens (including phenoxy) is 1. The highest BCUT2D eigenvalue weighted by molar-refractivity contribution is 9.10. The lowest BCUT2D eigenvalue weighted by Crippen LogP contribution is -2.15. The molecule has 0 aliphatic heterocycles. The van der Waals surface area contributed by atoms with Crippen LogP contribution in [0.4, 0.5) is 14.5 Å². The second-order valence-electron chi connectivity index (χ2n) is 5.40. The third kappa shape index (κ3) is 3.87. The van der Waals surface area contributed by atoms with Crippen molar-refractivity contribution in [1.29, 1.82) is 0 Å². The lowest BCUT2D eigenvalue weighted by atomic mass is 10.1. The smallest absolute Gasteiger partial charge is 0.340 e. The van der Waals surface area contributed by atoms with Crippen LogP contribution in [0, 0.1) is 11.6 Å². The number of aromatic nitrogens is 2. The van der Waals surface area contributed by atoms with Crippen molar-refractivity contribution in [3.8, 4) is 11.3 Å². The van der Waals surface area contributed by atoms with Crippen molar-refractivity contribution in [3.63, 3.8) is 0 Å². The molecule has 0 saturated heterocycles. The number of nitrogens with zero attached hydrogens (tertiary/aromatic N) is 1. The molecule has 3 aromatic rings. The Morgan fingerprint density at radius 1 is 1.15 bits per heavy atom. The minimum Gasteiger partial charge on any atom is -0.465 e. The quantitative estimate of drug-likeness (QED) is 0.602. The predicted molar refractivity (Wildman–Crippen MR) is 97.4 cm³/mol. The first-order valence-corrected chi connectivity index (χ1v) is 8.39. The summed E-state index contributed by atoms with van der Waals surface area (Å²) in [5.74, 6) is -2.87. The van der Waals surface area contributed by atoms with Gasteiger partial charge in [0.1, 0.15) is 17.3 Å². The Hall–Kier alpha value is -3.07.